The molecule has 23 heavy (non-hydrogen) atoms. The molecule has 0 radical (unpaired) electrons. The van der Waals surface area contributed by atoms with Crippen LogP contribution in [0.2, 0.25) is 0 Å². The lowest BCUT2D eigenvalue weighted by Crippen LogP contribution is -2.50. The Labute approximate surface area is 138 Å². The quantitative estimate of drug-likeness (QED) is 0.770. The first-order chi connectivity index (χ1) is 11.0. The van der Waals surface area contributed by atoms with Gasteiger partial charge in [0.05, 0.1) is 13.2 Å². The molecule has 2 amide bonds. The fraction of sp³-hybridized carbons (Fsp3) is 0.812. The summed E-state index contributed by atoms with van der Waals surface area (Å²) < 4.78 is 5.41. The van der Waals surface area contributed by atoms with Crippen molar-refractivity contribution in [1.82, 2.24) is 15.2 Å². The van der Waals surface area contributed by atoms with Crippen LogP contribution in [0.3, 0.4) is 0 Å². The van der Waals surface area contributed by atoms with Gasteiger partial charge in [-0.15, -0.1) is 0 Å². The number of hydrogen-bond acceptors (Lipinski definition) is 5. The molecule has 1 N–H and O–H groups in total. The van der Waals surface area contributed by atoms with Gasteiger partial charge < -0.3 is 10.1 Å². The van der Waals surface area contributed by atoms with Crippen LogP contribution in [0.4, 0.5) is 0 Å². The molecule has 0 aliphatic carbocycles. The highest BCUT2D eigenvalue weighted by molar-refractivity contribution is 6.39. The maximum Gasteiger partial charge on any atom is 0.267 e. The third-order valence-corrected chi connectivity index (χ3v) is 4.27. The molecule has 7 heteroatoms. The van der Waals surface area contributed by atoms with Crippen molar-refractivity contribution >= 4 is 17.5 Å². The van der Waals surface area contributed by atoms with E-state index in [0.717, 1.165) is 32.7 Å². The predicted octanol–water partition coefficient (Wildman–Crippen LogP) is 0.458. The maximum atomic E-state index is 12.3. The number of amides is 2. The number of morpholine rings is 1. The van der Waals surface area contributed by atoms with E-state index in [1.807, 2.05) is 0 Å². The van der Waals surface area contributed by atoms with Crippen molar-refractivity contribution < 1.29 is 14.3 Å². The van der Waals surface area contributed by atoms with Crippen LogP contribution in [0.15, 0.2) is 5.10 Å². The summed E-state index contributed by atoms with van der Waals surface area (Å²) in [6.45, 7) is 8.32. The zero-order valence-electron chi connectivity index (χ0n) is 14.4. The molecule has 2 heterocycles. The Kier molecular flexibility index (Phi) is 6.53. The number of nitrogens with one attached hydrogen (secondary N) is 1. The van der Waals surface area contributed by atoms with E-state index in [4.69, 9.17) is 4.74 Å². The van der Waals surface area contributed by atoms with Gasteiger partial charge in [-0.05, 0) is 12.3 Å². The number of carbonyl (C=O) groups excluding carboxylic acids is 2. The first-order valence-electron chi connectivity index (χ1n) is 8.41. The molecular weight excluding hydrogens is 296 g/mol. The molecule has 2 aliphatic heterocycles. The van der Waals surface area contributed by atoms with Gasteiger partial charge in [0, 0.05) is 45.6 Å². The van der Waals surface area contributed by atoms with Crippen LogP contribution in [0.1, 0.15) is 33.1 Å². The topological polar surface area (TPSA) is 74.2 Å². The molecule has 2 aliphatic rings. The van der Waals surface area contributed by atoms with Crippen LogP contribution in [-0.4, -0.2) is 73.4 Å². The summed E-state index contributed by atoms with van der Waals surface area (Å²) in [6.07, 6.45) is 1.80. The smallest absolute Gasteiger partial charge is 0.267 e. The lowest BCUT2D eigenvalue weighted by Gasteiger charge is -2.35. The molecule has 0 saturated carbocycles. The lowest BCUT2D eigenvalue weighted by atomic mass is 10.0. The first kappa shape index (κ1) is 17.9. The van der Waals surface area contributed by atoms with Crippen molar-refractivity contribution in [3.63, 3.8) is 0 Å². The van der Waals surface area contributed by atoms with Crippen molar-refractivity contribution in [2.24, 2.45) is 11.0 Å². The molecule has 1 fully saturated rings. The summed E-state index contributed by atoms with van der Waals surface area (Å²) in [4.78, 5) is 26.1. The molecule has 1 saturated heterocycles. The van der Waals surface area contributed by atoms with Gasteiger partial charge >= 0.3 is 0 Å². The van der Waals surface area contributed by atoms with Gasteiger partial charge in [0.25, 0.3) is 5.91 Å². The van der Waals surface area contributed by atoms with Crippen LogP contribution in [0.5, 0.6) is 0 Å². The minimum Gasteiger partial charge on any atom is -0.379 e. The zero-order chi connectivity index (χ0) is 16.8. The third-order valence-electron chi connectivity index (χ3n) is 4.27. The highest BCUT2D eigenvalue weighted by atomic mass is 16.5. The summed E-state index contributed by atoms with van der Waals surface area (Å²) in [7, 11) is 1.59. The van der Waals surface area contributed by atoms with Crippen LogP contribution in [0.25, 0.3) is 0 Å². The summed E-state index contributed by atoms with van der Waals surface area (Å²) in [5.41, 5.74) is 0.442. The second-order valence-corrected chi connectivity index (χ2v) is 6.61. The second kappa shape index (κ2) is 8.40. The molecule has 0 aromatic carbocycles. The second-order valence-electron chi connectivity index (χ2n) is 6.61. The van der Waals surface area contributed by atoms with Gasteiger partial charge in [-0.1, -0.05) is 13.8 Å². The van der Waals surface area contributed by atoms with Crippen LogP contribution >= 0.6 is 0 Å². The first-order valence-corrected chi connectivity index (χ1v) is 8.41. The molecule has 0 aromatic rings. The Bertz CT molecular complexity index is 458. The summed E-state index contributed by atoms with van der Waals surface area (Å²) in [6, 6.07) is 0.311. The molecule has 0 bridgehead atoms. The molecule has 0 unspecified atom stereocenters. The average molecular weight is 324 g/mol. The van der Waals surface area contributed by atoms with E-state index >= 15 is 0 Å². The van der Waals surface area contributed by atoms with Gasteiger partial charge in [-0.25, -0.2) is 5.01 Å². The lowest BCUT2D eigenvalue weighted by molar-refractivity contribution is -0.130. The normalized spacial score (nSPS) is 21.3. The fourth-order valence-corrected chi connectivity index (χ4v) is 2.99. The monoisotopic (exact) mass is 324 g/mol. The summed E-state index contributed by atoms with van der Waals surface area (Å²) >= 11 is 0. The summed E-state index contributed by atoms with van der Waals surface area (Å²) in [5, 5.41) is 8.33. The van der Waals surface area contributed by atoms with Crippen molar-refractivity contribution in [1.29, 1.82) is 0 Å². The van der Waals surface area contributed by atoms with Gasteiger partial charge in [0.15, 0.2) is 0 Å². The Morgan fingerprint density at radius 3 is 2.61 bits per heavy atom. The highest BCUT2D eigenvalue weighted by Gasteiger charge is 2.25. The van der Waals surface area contributed by atoms with E-state index in [1.54, 1.807) is 7.05 Å². The standard InChI is InChI=1S/C16H28N4O3/c1-12(2)10-13(20-6-8-23-9-7-20)11-17-16(22)14-4-5-15(21)19(3)18-14/h12-13H,4-11H2,1-3H3,(H,17,22)/t13-/m1/s1. The number of carbonyl (C=O) groups is 2. The van der Waals surface area contributed by atoms with E-state index in [-0.39, 0.29) is 11.8 Å². The maximum absolute atomic E-state index is 12.3. The molecule has 1 atom stereocenters. The fourth-order valence-electron chi connectivity index (χ4n) is 2.99. The number of rotatable bonds is 6. The van der Waals surface area contributed by atoms with Crippen molar-refractivity contribution in [2.45, 2.75) is 39.2 Å². The molecule has 7 nitrogen and oxygen atoms in total. The summed E-state index contributed by atoms with van der Waals surface area (Å²) in [5.74, 6) is 0.356. The van der Waals surface area contributed by atoms with E-state index in [9.17, 15) is 9.59 Å². The molecule has 130 valence electrons. The van der Waals surface area contributed by atoms with Crippen molar-refractivity contribution in [3.05, 3.63) is 0 Å². The number of hydrogen-bond donors (Lipinski definition) is 1. The van der Waals surface area contributed by atoms with E-state index < -0.39 is 0 Å². The molecule has 0 spiro atoms. The van der Waals surface area contributed by atoms with E-state index in [1.165, 1.54) is 5.01 Å². The predicted molar refractivity (Wildman–Crippen MR) is 88.1 cm³/mol. The number of hydrazone groups is 1. The van der Waals surface area contributed by atoms with Crippen molar-refractivity contribution in [2.75, 3.05) is 39.9 Å². The Morgan fingerprint density at radius 1 is 1.30 bits per heavy atom. The van der Waals surface area contributed by atoms with E-state index in [2.05, 4.69) is 29.2 Å². The highest BCUT2D eigenvalue weighted by Crippen LogP contribution is 2.13. The molecular formula is C16H28N4O3. The zero-order valence-corrected chi connectivity index (χ0v) is 14.4. The molecule has 0 aromatic heterocycles. The van der Waals surface area contributed by atoms with Crippen molar-refractivity contribution in [3.8, 4) is 0 Å². The Hall–Kier alpha value is -1.47. The van der Waals surface area contributed by atoms with Crippen LogP contribution in [0, 0.1) is 5.92 Å². The number of nitrogens with zero attached hydrogens (tertiary/aromatic N) is 3. The van der Waals surface area contributed by atoms with Gasteiger partial charge in [-0.3, -0.25) is 14.5 Å². The van der Waals surface area contributed by atoms with Gasteiger partial charge in [0.2, 0.25) is 5.91 Å². The van der Waals surface area contributed by atoms with Gasteiger partial charge in [-0.2, -0.15) is 5.10 Å². The average Bonchev–Trinajstić information content (AvgIpc) is 2.54. The van der Waals surface area contributed by atoms with Crippen LogP contribution < -0.4 is 5.32 Å². The molecule has 2 rings (SSSR count). The van der Waals surface area contributed by atoms with Crippen LogP contribution in [-0.2, 0) is 14.3 Å². The Balaban J connectivity index is 1.90. The number of ether oxygens (including phenoxy) is 1. The minimum atomic E-state index is -0.161. The SMILES string of the molecule is CC(C)C[C@H](CNC(=O)C1=NN(C)C(=O)CC1)N1CCOCC1. The minimum absolute atomic E-state index is 0.0486. The third kappa shape index (κ3) is 5.28. The largest absolute Gasteiger partial charge is 0.379 e. The van der Waals surface area contributed by atoms with Gasteiger partial charge in [0.1, 0.15) is 5.71 Å². The van der Waals surface area contributed by atoms with E-state index in [0.29, 0.717) is 37.1 Å². The Morgan fingerprint density at radius 2 is 2.00 bits per heavy atom.